The van der Waals surface area contributed by atoms with Crippen LogP contribution in [0, 0.1) is 8.99 Å². The van der Waals surface area contributed by atoms with Crippen LogP contribution < -0.4 is 0 Å². The minimum atomic E-state index is -1.80. The lowest BCUT2D eigenvalue weighted by molar-refractivity contribution is 0.105. The van der Waals surface area contributed by atoms with Crippen molar-refractivity contribution < 1.29 is 4.43 Å². The van der Waals surface area contributed by atoms with Crippen LogP contribution >= 0.6 is 22.6 Å². The number of fused-ring (bicyclic) bond motifs is 1. The van der Waals surface area contributed by atoms with Gasteiger partial charge in [0.1, 0.15) is 0 Å². The molecule has 0 saturated heterocycles. The molecule has 2 rings (SSSR count). The summed E-state index contributed by atoms with van der Waals surface area (Å²) in [5.74, 6) is 0. The molecular formula is C19H32INOSi. The van der Waals surface area contributed by atoms with E-state index in [1.807, 2.05) is 0 Å². The fraction of sp³-hybridized carbons (Fsp3) is 0.737. The normalized spacial score (nSPS) is 21.2. The van der Waals surface area contributed by atoms with Crippen LogP contribution in [0.3, 0.4) is 0 Å². The first kappa shape index (κ1) is 19.4. The van der Waals surface area contributed by atoms with Gasteiger partial charge in [-0.25, -0.2) is 0 Å². The predicted molar refractivity (Wildman–Crippen MR) is 109 cm³/mol. The lowest BCUT2D eigenvalue weighted by Crippen LogP contribution is -2.44. The maximum atomic E-state index is 6.85. The Morgan fingerprint density at radius 2 is 1.96 bits per heavy atom. The molecule has 0 aromatic carbocycles. The van der Waals surface area contributed by atoms with E-state index in [1.165, 1.54) is 20.5 Å². The van der Waals surface area contributed by atoms with Crippen LogP contribution in [0.1, 0.15) is 71.0 Å². The van der Waals surface area contributed by atoms with Gasteiger partial charge in [0.2, 0.25) is 0 Å². The van der Waals surface area contributed by atoms with E-state index < -0.39 is 8.32 Å². The second kappa shape index (κ2) is 6.41. The number of hydrogen-bond acceptors (Lipinski definition) is 2. The summed E-state index contributed by atoms with van der Waals surface area (Å²) in [4.78, 5) is 4.96. The predicted octanol–water partition coefficient (Wildman–Crippen LogP) is 6.28. The quantitative estimate of drug-likeness (QED) is 0.403. The first-order valence-electron chi connectivity index (χ1n) is 8.72. The highest BCUT2D eigenvalue weighted by Crippen LogP contribution is 2.48. The number of pyridine rings is 1. The van der Waals surface area contributed by atoms with Crippen LogP contribution in [0.2, 0.25) is 18.1 Å². The van der Waals surface area contributed by atoms with Crippen molar-refractivity contribution in [3.8, 4) is 0 Å². The van der Waals surface area contributed by atoms with Crippen LogP contribution in [0.25, 0.3) is 0 Å². The third kappa shape index (κ3) is 4.18. The highest BCUT2D eigenvalue weighted by atomic mass is 127. The average molecular weight is 445 g/mol. The van der Waals surface area contributed by atoms with Gasteiger partial charge in [0.25, 0.3) is 0 Å². The maximum Gasteiger partial charge on any atom is 0.192 e. The maximum absolute atomic E-state index is 6.85. The Kier molecular flexibility index (Phi) is 5.40. The molecule has 0 amide bonds. The van der Waals surface area contributed by atoms with Crippen molar-refractivity contribution in [3.63, 3.8) is 0 Å². The molecule has 130 valence electrons. The Hall–Kier alpha value is 0.0569. The summed E-state index contributed by atoms with van der Waals surface area (Å²) in [6, 6.07) is 2.25. The average Bonchev–Trinajstić information content (AvgIpc) is 2.34. The second-order valence-electron chi connectivity index (χ2n) is 9.22. The molecule has 0 N–H and O–H groups in total. The Labute approximate surface area is 157 Å². The largest absolute Gasteiger partial charge is 0.410 e. The molecule has 0 radical (unpaired) electrons. The van der Waals surface area contributed by atoms with Gasteiger partial charge < -0.3 is 4.43 Å². The summed E-state index contributed by atoms with van der Waals surface area (Å²) < 4.78 is 8.19. The zero-order valence-electron chi connectivity index (χ0n) is 16.0. The van der Waals surface area contributed by atoms with E-state index in [0.29, 0.717) is 0 Å². The van der Waals surface area contributed by atoms with Gasteiger partial charge >= 0.3 is 0 Å². The topological polar surface area (TPSA) is 22.1 Å². The smallest absolute Gasteiger partial charge is 0.192 e. The molecule has 0 spiro atoms. The van der Waals surface area contributed by atoms with Gasteiger partial charge in [0, 0.05) is 20.5 Å². The number of aryl methyl sites for hydroxylation is 1. The summed E-state index contributed by atoms with van der Waals surface area (Å²) in [6.45, 7) is 18.6. The first-order valence-corrected chi connectivity index (χ1v) is 12.7. The van der Waals surface area contributed by atoms with Crippen molar-refractivity contribution in [2.24, 2.45) is 5.41 Å². The molecule has 0 saturated carbocycles. The van der Waals surface area contributed by atoms with Crippen LogP contribution in [0.4, 0.5) is 0 Å². The molecule has 2 nitrogen and oxygen atoms in total. The summed E-state index contributed by atoms with van der Waals surface area (Å²) >= 11 is 2.49. The molecule has 0 aliphatic heterocycles. The molecule has 1 aromatic heterocycles. The number of rotatable bonds is 3. The molecule has 1 aliphatic rings. The first-order chi connectivity index (χ1) is 10.4. The molecule has 23 heavy (non-hydrogen) atoms. The van der Waals surface area contributed by atoms with Crippen LogP contribution in [0.5, 0.6) is 0 Å². The molecule has 1 aromatic rings. The van der Waals surface area contributed by atoms with Crippen molar-refractivity contribution in [2.45, 2.75) is 85.0 Å². The van der Waals surface area contributed by atoms with Crippen LogP contribution in [-0.4, -0.2) is 13.3 Å². The lowest BCUT2D eigenvalue weighted by atomic mass is 9.75. The van der Waals surface area contributed by atoms with Crippen molar-refractivity contribution in [1.29, 1.82) is 0 Å². The van der Waals surface area contributed by atoms with E-state index in [0.717, 1.165) is 19.3 Å². The zero-order chi connectivity index (χ0) is 17.6. The number of hydrogen-bond donors (Lipinski definition) is 0. The van der Waals surface area contributed by atoms with E-state index in [1.54, 1.807) is 0 Å². The van der Waals surface area contributed by atoms with Gasteiger partial charge in [0.15, 0.2) is 8.32 Å². The number of halogens is 1. The molecule has 1 atom stereocenters. The molecule has 1 aliphatic carbocycles. The zero-order valence-corrected chi connectivity index (χ0v) is 19.2. The minimum absolute atomic E-state index is 0.194. The SMILES string of the molecule is CCc1cc(I)c2c(n1)CC(C)(C)CC2O[Si](C)(C)C(C)(C)C. The van der Waals surface area contributed by atoms with Crippen LogP contribution in [0.15, 0.2) is 6.07 Å². The van der Waals surface area contributed by atoms with Gasteiger partial charge in [-0.1, -0.05) is 41.5 Å². The minimum Gasteiger partial charge on any atom is -0.410 e. The number of aromatic nitrogens is 1. The van der Waals surface area contributed by atoms with Gasteiger partial charge in [-0.15, -0.1) is 0 Å². The van der Waals surface area contributed by atoms with Crippen molar-refractivity contribution in [1.82, 2.24) is 4.98 Å². The third-order valence-electron chi connectivity index (χ3n) is 5.45. The molecule has 1 unspecified atom stereocenters. The molecular weight excluding hydrogens is 413 g/mol. The second-order valence-corrected chi connectivity index (χ2v) is 15.1. The monoisotopic (exact) mass is 445 g/mol. The highest BCUT2D eigenvalue weighted by Gasteiger charge is 2.43. The molecule has 0 bridgehead atoms. The summed E-state index contributed by atoms with van der Waals surface area (Å²) in [7, 11) is -1.80. The van der Waals surface area contributed by atoms with Crippen molar-refractivity contribution >= 4 is 30.9 Å². The van der Waals surface area contributed by atoms with Crippen molar-refractivity contribution in [3.05, 3.63) is 26.6 Å². The Balaban J connectivity index is 2.47. The van der Waals surface area contributed by atoms with E-state index in [2.05, 4.69) is 83.3 Å². The lowest BCUT2D eigenvalue weighted by Gasteiger charge is -2.44. The van der Waals surface area contributed by atoms with E-state index in [-0.39, 0.29) is 16.6 Å². The number of nitrogens with zero attached hydrogens (tertiary/aromatic N) is 1. The van der Waals surface area contributed by atoms with E-state index >= 15 is 0 Å². The standard InChI is InChI=1S/C19H32INOSi/c1-9-13-10-14(20)17-15(21-13)11-19(5,6)12-16(17)22-23(7,8)18(2,3)4/h10,16H,9,11-12H2,1-8H3. The Morgan fingerprint density at radius 3 is 2.48 bits per heavy atom. The third-order valence-corrected chi connectivity index (χ3v) is 10.8. The molecule has 4 heteroatoms. The molecule has 0 fully saturated rings. The highest BCUT2D eigenvalue weighted by molar-refractivity contribution is 14.1. The summed E-state index contributed by atoms with van der Waals surface area (Å²) in [6.07, 6.45) is 3.34. The fourth-order valence-electron chi connectivity index (χ4n) is 3.05. The van der Waals surface area contributed by atoms with Gasteiger partial charge in [-0.05, 0) is 71.5 Å². The summed E-state index contributed by atoms with van der Waals surface area (Å²) in [5.41, 5.74) is 4.10. The van der Waals surface area contributed by atoms with Gasteiger partial charge in [-0.2, -0.15) is 0 Å². The van der Waals surface area contributed by atoms with E-state index in [9.17, 15) is 0 Å². The fourth-order valence-corrected chi connectivity index (χ4v) is 5.33. The van der Waals surface area contributed by atoms with Crippen molar-refractivity contribution in [2.75, 3.05) is 0 Å². The van der Waals surface area contributed by atoms with Crippen LogP contribution in [-0.2, 0) is 17.3 Å². The Bertz CT molecular complexity index is 590. The van der Waals surface area contributed by atoms with Gasteiger partial charge in [0.05, 0.1) is 6.10 Å². The van der Waals surface area contributed by atoms with E-state index in [4.69, 9.17) is 9.41 Å². The summed E-state index contributed by atoms with van der Waals surface area (Å²) in [5, 5.41) is 0.233. The molecule has 1 heterocycles. The Morgan fingerprint density at radius 1 is 1.35 bits per heavy atom. The van der Waals surface area contributed by atoms with Gasteiger partial charge in [-0.3, -0.25) is 4.98 Å².